The van der Waals surface area contributed by atoms with Crippen molar-refractivity contribution < 1.29 is 9.47 Å². The van der Waals surface area contributed by atoms with Crippen LogP contribution in [0.15, 0.2) is 118 Å². The van der Waals surface area contributed by atoms with Crippen LogP contribution in [0.2, 0.25) is 0 Å². The Kier molecular flexibility index (Phi) is 97.8. The zero-order chi connectivity index (χ0) is 70.3. The number of aromatic amines is 4. The van der Waals surface area contributed by atoms with Gasteiger partial charge in [-0.3, -0.25) is 15.2 Å². The molecule has 0 amide bonds. The molecule has 0 atom stereocenters. The molecular formula is C72H149N15O2. The first-order valence-electron chi connectivity index (χ1n) is 33.0. The first-order chi connectivity index (χ1) is 41.4. The van der Waals surface area contributed by atoms with Gasteiger partial charge in [-0.25, -0.2) is 19.9 Å². The van der Waals surface area contributed by atoms with Gasteiger partial charge in [0.15, 0.2) is 0 Å². The lowest BCUT2D eigenvalue weighted by molar-refractivity contribution is 0.0968. The second-order valence-corrected chi connectivity index (χ2v) is 29.0. The van der Waals surface area contributed by atoms with Gasteiger partial charge in [-0.05, 0) is 121 Å². The number of rotatable bonds is 0. The van der Waals surface area contributed by atoms with E-state index in [1.54, 1.807) is 74.4 Å². The van der Waals surface area contributed by atoms with E-state index in [0.717, 1.165) is 75.0 Å². The van der Waals surface area contributed by atoms with Crippen molar-refractivity contribution in [1.29, 1.82) is 0 Å². The van der Waals surface area contributed by atoms with Gasteiger partial charge in [0.25, 0.3) is 0 Å². The van der Waals surface area contributed by atoms with Gasteiger partial charge in [-0.2, -0.15) is 25.6 Å². The van der Waals surface area contributed by atoms with E-state index in [1.807, 2.05) is 24.3 Å². The Morgan fingerprint density at radius 1 is 0.303 bits per heavy atom. The predicted octanol–water partition coefficient (Wildman–Crippen LogP) is 19.7. The monoisotopic (exact) mass is 1260 g/mol. The van der Waals surface area contributed by atoms with Crippen molar-refractivity contribution in [3.05, 3.63) is 118 Å². The summed E-state index contributed by atoms with van der Waals surface area (Å²) in [4.78, 5) is 21.1. The Morgan fingerprint density at radius 2 is 0.685 bits per heavy atom. The van der Waals surface area contributed by atoms with Crippen LogP contribution in [0.4, 0.5) is 0 Å². The van der Waals surface area contributed by atoms with Crippen molar-refractivity contribution in [3.63, 3.8) is 0 Å². The van der Waals surface area contributed by atoms with Crippen LogP contribution in [-0.2, 0) is 9.47 Å². The first-order valence-corrected chi connectivity index (χ1v) is 33.0. The van der Waals surface area contributed by atoms with Crippen LogP contribution in [0.5, 0.6) is 0 Å². The lowest BCUT2D eigenvalue weighted by Gasteiger charge is -2.10. The van der Waals surface area contributed by atoms with Crippen LogP contribution in [-0.4, -0.2) is 118 Å². The largest absolute Gasteiger partial charge is 0.381 e. The third kappa shape index (κ3) is 269. The van der Waals surface area contributed by atoms with E-state index in [1.165, 1.54) is 70.6 Å². The zero-order valence-electron chi connectivity index (χ0n) is 63.7. The van der Waals surface area contributed by atoms with Crippen molar-refractivity contribution >= 4 is 0 Å². The van der Waals surface area contributed by atoms with Crippen molar-refractivity contribution in [2.75, 3.05) is 52.6 Å². The van der Waals surface area contributed by atoms with Crippen LogP contribution in [0.3, 0.4) is 0 Å². The molecule has 0 unspecified atom stereocenters. The van der Waals surface area contributed by atoms with E-state index in [0.29, 0.717) is 16.2 Å². The molecule has 3 saturated heterocycles. The number of piperidine rings is 1. The highest BCUT2D eigenvalue weighted by molar-refractivity contribution is 4.88. The van der Waals surface area contributed by atoms with Gasteiger partial charge in [0, 0.05) is 75.9 Å². The number of imidazole rings is 1. The van der Waals surface area contributed by atoms with Gasteiger partial charge in [0.1, 0.15) is 19.0 Å². The van der Waals surface area contributed by atoms with Crippen LogP contribution < -0.4 is 10.6 Å². The lowest BCUT2D eigenvalue weighted by atomic mass is 10.0. The summed E-state index contributed by atoms with van der Waals surface area (Å²) in [6, 6.07) is 9.33. The number of H-pyrrole nitrogens is 4. The normalized spacial score (nSPS) is 12.2. The van der Waals surface area contributed by atoms with E-state index < -0.39 is 0 Å². The Balaban J connectivity index is -0.000000109. The minimum absolute atomic E-state index is 0.500. The third-order valence-corrected chi connectivity index (χ3v) is 5.65. The number of ether oxygens (including phenoxy) is 2. The number of hydrogen-bond acceptors (Lipinski definition) is 13. The fraction of sp³-hybridized carbons (Fsp3) is 0.736. The standard InChI is InChI=1S/C5H11N.C5H5N.C5H10O.3C5H12.C4H4N2.C4H9NO.6C4H10.2C3H4N2.2C2H3N3/c3*1-2-4-6-5-3-1;3*1-5(2,3)4;1-2-5-4-6-3-1;1-3-6-4-2-5-1;6*1-4(2)3;1-2-5-3-4-1;1-2-4-5-3-1;1-3-2-5-4-1;1-2-4-5-3-1/h6H,1-5H2;1-5H;1-5H2;3*1-4H3;1-4H;5H,1-4H2;6*4H,1-3H3;2*1-3H,(H,4,5);2*1-2H,(H,3,4,5). The summed E-state index contributed by atoms with van der Waals surface area (Å²) >= 11 is 0. The molecule has 0 bridgehead atoms. The molecule has 0 radical (unpaired) electrons. The molecule has 0 saturated carbocycles. The number of nitrogens with one attached hydrogen (secondary N) is 6. The van der Waals surface area contributed by atoms with E-state index in [-0.39, 0.29) is 0 Å². The maximum atomic E-state index is 5.07. The molecule has 0 aliphatic carbocycles. The highest BCUT2D eigenvalue weighted by atomic mass is 16.5. The molecule has 0 aromatic carbocycles. The third-order valence-electron chi connectivity index (χ3n) is 5.65. The molecule has 3 aliphatic heterocycles. The van der Waals surface area contributed by atoms with Gasteiger partial charge < -0.3 is 25.1 Å². The minimum Gasteiger partial charge on any atom is -0.381 e. The molecule has 9 rings (SSSR count). The maximum Gasteiger partial charge on any atom is 0.137 e. The van der Waals surface area contributed by atoms with Crippen LogP contribution in [0.25, 0.3) is 0 Å². The van der Waals surface area contributed by atoms with Gasteiger partial charge in [-0.1, -0.05) is 220 Å². The molecule has 3 fully saturated rings. The van der Waals surface area contributed by atoms with Crippen molar-refractivity contribution in [2.24, 2.45) is 51.8 Å². The highest BCUT2D eigenvalue weighted by Crippen LogP contribution is 2.09. The Hall–Kier alpha value is -5.23. The van der Waals surface area contributed by atoms with E-state index in [4.69, 9.17) is 9.47 Å². The molecule has 17 nitrogen and oxygen atoms in total. The summed E-state index contributed by atoms with van der Waals surface area (Å²) in [7, 11) is 0. The van der Waals surface area contributed by atoms with Gasteiger partial charge in [-0.15, -0.1) is 0 Å². The summed E-state index contributed by atoms with van der Waals surface area (Å²) in [5.74, 6) is 5.00. The number of nitrogens with zero attached hydrogens (tertiary/aromatic N) is 9. The molecule has 9 heterocycles. The second kappa shape index (κ2) is 84.8. The second-order valence-electron chi connectivity index (χ2n) is 29.0. The van der Waals surface area contributed by atoms with Gasteiger partial charge in [0.05, 0.1) is 31.9 Å². The minimum atomic E-state index is 0.500. The number of pyridine rings is 1. The molecule has 6 aromatic rings. The van der Waals surface area contributed by atoms with E-state index >= 15 is 0 Å². The van der Waals surface area contributed by atoms with E-state index in [9.17, 15) is 0 Å². The van der Waals surface area contributed by atoms with Gasteiger partial charge in [0.2, 0.25) is 0 Å². The first kappa shape index (κ1) is 103. The number of hydrogen-bond donors (Lipinski definition) is 6. The SMILES string of the molecule is C1CCNCC1.C1CCOCC1.C1COCCN1.CC(C)(C)C.CC(C)(C)C.CC(C)(C)C.CC(C)C.CC(C)C.CC(C)C.CC(C)C.CC(C)C.CC(C)C.c1c[nH]cn1.c1ccncc1.c1cn[nH]c1.c1cn[nH]n1.c1cncnc1.c1nc[nH]n1. The summed E-state index contributed by atoms with van der Waals surface area (Å²) in [5, 5.41) is 28.0. The average Bonchev–Trinajstić information content (AvgIpc) is 4.31. The number of morpholine rings is 1. The summed E-state index contributed by atoms with van der Waals surface area (Å²) in [5.41, 5.74) is 1.50. The van der Waals surface area contributed by atoms with E-state index in [2.05, 4.69) is 284 Å². The fourth-order valence-electron chi connectivity index (χ4n) is 3.33. The quantitative estimate of drug-likeness (QED) is 0.0834. The molecule has 6 aromatic heterocycles. The molecule has 3 aliphatic rings. The summed E-state index contributed by atoms with van der Waals surface area (Å²) < 4.78 is 10.1. The molecule has 89 heavy (non-hydrogen) atoms. The van der Waals surface area contributed by atoms with Crippen molar-refractivity contribution in [1.82, 2.24) is 76.3 Å². The molecule has 6 N–H and O–H groups in total. The van der Waals surface area contributed by atoms with Crippen molar-refractivity contribution in [3.8, 4) is 0 Å². The smallest absolute Gasteiger partial charge is 0.137 e. The maximum absolute atomic E-state index is 5.07. The average molecular weight is 1260 g/mol. The van der Waals surface area contributed by atoms with Crippen LogP contribution in [0.1, 0.15) is 246 Å². The Morgan fingerprint density at radius 3 is 0.787 bits per heavy atom. The zero-order valence-corrected chi connectivity index (χ0v) is 63.7. The van der Waals surface area contributed by atoms with Crippen LogP contribution >= 0.6 is 0 Å². The molecule has 17 heteroatoms. The Bertz CT molecular complexity index is 1400. The Labute approximate surface area is 551 Å². The predicted molar refractivity (Wildman–Crippen MR) is 390 cm³/mol. The van der Waals surface area contributed by atoms with Gasteiger partial charge >= 0.3 is 0 Å². The summed E-state index contributed by atoms with van der Waals surface area (Å²) in [6.45, 7) is 73.6. The van der Waals surface area contributed by atoms with Crippen LogP contribution in [0, 0.1) is 51.8 Å². The fourth-order valence-corrected chi connectivity index (χ4v) is 3.33. The van der Waals surface area contributed by atoms with Crippen molar-refractivity contribution in [2.45, 2.75) is 246 Å². The summed E-state index contributed by atoms with van der Waals surface area (Å²) in [6.07, 6.45) is 31.2. The topological polar surface area (TPSA) is 222 Å². The molecular weight excluding hydrogens is 1110 g/mol. The molecule has 524 valence electrons. The lowest BCUT2D eigenvalue weighted by Crippen LogP contribution is -2.30. The molecule has 0 spiro atoms. The highest BCUT2D eigenvalue weighted by Gasteiger charge is 1.98. The number of aromatic nitrogens is 13.